The first-order chi connectivity index (χ1) is 11.2. The highest BCUT2D eigenvalue weighted by Gasteiger charge is 2.21. The zero-order valence-corrected chi connectivity index (χ0v) is 14.1. The van der Waals surface area contributed by atoms with Crippen LogP contribution in [0.5, 0.6) is 0 Å². The van der Waals surface area contributed by atoms with E-state index in [-0.39, 0.29) is 17.6 Å². The maximum atomic E-state index is 14.2. The number of amides is 1. The molecule has 1 heterocycles. The van der Waals surface area contributed by atoms with Crippen molar-refractivity contribution in [1.29, 1.82) is 0 Å². The monoisotopic (exact) mass is 336 g/mol. The summed E-state index contributed by atoms with van der Waals surface area (Å²) in [6.45, 7) is 0.930. The van der Waals surface area contributed by atoms with Crippen molar-refractivity contribution in [2.75, 3.05) is 13.7 Å². The van der Waals surface area contributed by atoms with E-state index >= 15 is 0 Å². The van der Waals surface area contributed by atoms with Gasteiger partial charge in [0.1, 0.15) is 5.82 Å². The van der Waals surface area contributed by atoms with Crippen LogP contribution >= 0.6 is 11.3 Å². The second kappa shape index (κ2) is 7.36. The van der Waals surface area contributed by atoms with E-state index in [1.807, 2.05) is 6.07 Å². The van der Waals surface area contributed by atoms with Crippen LogP contribution in [-0.4, -0.2) is 24.2 Å². The van der Waals surface area contributed by atoms with Crippen LogP contribution in [0.1, 0.15) is 32.1 Å². The van der Waals surface area contributed by atoms with E-state index in [0.717, 1.165) is 30.4 Å². The van der Waals surface area contributed by atoms with Gasteiger partial charge in [0, 0.05) is 19.6 Å². The molecule has 0 aliphatic heterocycles. The van der Waals surface area contributed by atoms with Crippen molar-refractivity contribution in [1.82, 2.24) is 4.57 Å². The van der Waals surface area contributed by atoms with E-state index in [2.05, 4.69) is 4.99 Å². The molecule has 0 unspecified atom stereocenters. The molecule has 0 bridgehead atoms. The zero-order chi connectivity index (χ0) is 16.2. The van der Waals surface area contributed by atoms with Gasteiger partial charge >= 0.3 is 0 Å². The van der Waals surface area contributed by atoms with Gasteiger partial charge in [-0.15, -0.1) is 0 Å². The number of para-hydroxylation sites is 1. The second-order valence-electron chi connectivity index (χ2n) is 5.90. The van der Waals surface area contributed by atoms with Crippen LogP contribution in [0, 0.1) is 11.7 Å². The Morgan fingerprint density at radius 1 is 1.39 bits per heavy atom. The Morgan fingerprint density at radius 2 is 2.17 bits per heavy atom. The van der Waals surface area contributed by atoms with Gasteiger partial charge in [0.15, 0.2) is 4.80 Å². The number of ether oxygens (including phenoxy) is 1. The minimum atomic E-state index is -0.290. The molecule has 1 aromatic carbocycles. The van der Waals surface area contributed by atoms with Crippen molar-refractivity contribution in [3.8, 4) is 0 Å². The first-order valence-electron chi connectivity index (χ1n) is 8.06. The molecule has 0 saturated heterocycles. The van der Waals surface area contributed by atoms with Gasteiger partial charge in [0.05, 0.1) is 16.8 Å². The average molecular weight is 336 g/mol. The van der Waals surface area contributed by atoms with Crippen LogP contribution < -0.4 is 4.80 Å². The number of thiazole rings is 1. The van der Waals surface area contributed by atoms with Crippen molar-refractivity contribution in [3.63, 3.8) is 0 Å². The smallest absolute Gasteiger partial charge is 0.251 e. The fourth-order valence-corrected chi connectivity index (χ4v) is 4.17. The molecule has 124 valence electrons. The maximum absolute atomic E-state index is 14.2. The number of halogens is 1. The summed E-state index contributed by atoms with van der Waals surface area (Å²) in [5.41, 5.74) is 0.504. The largest absolute Gasteiger partial charge is 0.383 e. The summed E-state index contributed by atoms with van der Waals surface area (Å²) in [6.07, 6.45) is 5.22. The van der Waals surface area contributed by atoms with Crippen LogP contribution in [0.4, 0.5) is 4.39 Å². The van der Waals surface area contributed by atoms with Crippen LogP contribution in [0.3, 0.4) is 0 Å². The topological polar surface area (TPSA) is 43.6 Å². The van der Waals surface area contributed by atoms with Gasteiger partial charge in [-0.05, 0) is 25.0 Å². The predicted octanol–water partition coefficient (Wildman–Crippen LogP) is 3.50. The number of carbonyl (C=O) groups is 1. The third-order valence-electron chi connectivity index (χ3n) is 4.33. The Labute approximate surface area is 138 Å². The van der Waals surface area contributed by atoms with E-state index in [4.69, 9.17) is 4.74 Å². The molecule has 23 heavy (non-hydrogen) atoms. The molecule has 0 N–H and O–H groups in total. The number of hydrogen-bond acceptors (Lipinski definition) is 3. The molecule has 1 saturated carbocycles. The van der Waals surface area contributed by atoms with E-state index in [9.17, 15) is 9.18 Å². The highest BCUT2D eigenvalue weighted by molar-refractivity contribution is 7.16. The number of rotatable bonds is 4. The Balaban J connectivity index is 2.02. The summed E-state index contributed by atoms with van der Waals surface area (Å²) < 4.78 is 21.9. The SMILES string of the molecule is COCCn1c(=NC(=O)C2CCCCC2)sc2cccc(F)c21. The fraction of sp³-hybridized carbons (Fsp3) is 0.529. The maximum Gasteiger partial charge on any atom is 0.251 e. The van der Waals surface area contributed by atoms with Gasteiger partial charge in [-0.1, -0.05) is 36.7 Å². The lowest BCUT2D eigenvalue weighted by molar-refractivity contribution is -0.122. The molecule has 1 aromatic heterocycles. The third kappa shape index (κ3) is 3.53. The number of methoxy groups -OCH3 is 1. The second-order valence-corrected chi connectivity index (χ2v) is 6.91. The fourth-order valence-electron chi connectivity index (χ4n) is 3.10. The predicted molar refractivity (Wildman–Crippen MR) is 88.8 cm³/mol. The Morgan fingerprint density at radius 3 is 2.91 bits per heavy atom. The number of nitrogens with zero attached hydrogens (tertiary/aromatic N) is 2. The first kappa shape index (κ1) is 16.3. The van der Waals surface area contributed by atoms with Crippen molar-refractivity contribution in [2.24, 2.45) is 10.9 Å². The zero-order valence-electron chi connectivity index (χ0n) is 13.3. The molecule has 1 fully saturated rings. The Bertz CT molecular complexity index is 760. The summed E-state index contributed by atoms with van der Waals surface area (Å²) in [5.74, 6) is -0.334. The van der Waals surface area contributed by atoms with E-state index in [0.29, 0.717) is 23.5 Å². The lowest BCUT2D eigenvalue weighted by Gasteiger charge is -2.17. The average Bonchev–Trinajstić information content (AvgIpc) is 2.92. The van der Waals surface area contributed by atoms with Crippen LogP contribution in [0.15, 0.2) is 23.2 Å². The highest BCUT2D eigenvalue weighted by atomic mass is 32.1. The van der Waals surface area contributed by atoms with Crippen molar-refractivity contribution < 1.29 is 13.9 Å². The molecule has 2 aromatic rings. The molecule has 0 atom stereocenters. The van der Waals surface area contributed by atoms with E-state index < -0.39 is 0 Å². The molecule has 0 radical (unpaired) electrons. The summed E-state index contributed by atoms with van der Waals surface area (Å²) in [5, 5.41) is 0. The van der Waals surface area contributed by atoms with Gasteiger partial charge in [-0.3, -0.25) is 4.79 Å². The number of carbonyl (C=O) groups excluding carboxylic acids is 1. The Hall–Kier alpha value is -1.53. The van der Waals surface area contributed by atoms with Gasteiger partial charge in [0.2, 0.25) is 0 Å². The number of fused-ring (bicyclic) bond motifs is 1. The number of hydrogen-bond donors (Lipinski definition) is 0. The summed E-state index contributed by atoms with van der Waals surface area (Å²) in [7, 11) is 1.61. The lowest BCUT2D eigenvalue weighted by Crippen LogP contribution is -2.23. The van der Waals surface area contributed by atoms with Gasteiger partial charge in [-0.25, -0.2) is 4.39 Å². The van der Waals surface area contributed by atoms with Crippen LogP contribution in [0.25, 0.3) is 10.2 Å². The van der Waals surface area contributed by atoms with Gasteiger partial charge < -0.3 is 9.30 Å². The molecule has 0 spiro atoms. The lowest BCUT2D eigenvalue weighted by atomic mass is 9.89. The standard InChI is InChI=1S/C17H21FN2O2S/c1-22-11-10-20-15-13(18)8-5-9-14(15)23-17(20)19-16(21)12-6-3-2-4-7-12/h5,8-9,12H,2-4,6-7,10-11H2,1H3. The normalized spacial score (nSPS) is 17.0. The van der Waals surface area contributed by atoms with E-state index in [1.165, 1.54) is 23.8 Å². The summed E-state index contributed by atoms with van der Waals surface area (Å²) in [4.78, 5) is 17.4. The highest BCUT2D eigenvalue weighted by Crippen LogP contribution is 2.25. The molecule has 3 rings (SSSR count). The Kier molecular flexibility index (Phi) is 5.23. The first-order valence-corrected chi connectivity index (χ1v) is 8.87. The molecule has 1 aliphatic rings. The third-order valence-corrected chi connectivity index (χ3v) is 5.37. The molecular formula is C17H21FN2O2S. The number of aromatic nitrogens is 1. The van der Waals surface area contributed by atoms with Crippen molar-refractivity contribution >= 4 is 27.5 Å². The summed E-state index contributed by atoms with van der Waals surface area (Å²) in [6, 6.07) is 4.98. The van der Waals surface area contributed by atoms with Gasteiger partial charge in [0.25, 0.3) is 5.91 Å². The number of benzene rings is 1. The molecular weight excluding hydrogens is 315 g/mol. The van der Waals surface area contributed by atoms with Crippen LogP contribution in [-0.2, 0) is 16.1 Å². The van der Waals surface area contributed by atoms with Crippen molar-refractivity contribution in [3.05, 3.63) is 28.8 Å². The van der Waals surface area contributed by atoms with E-state index in [1.54, 1.807) is 17.7 Å². The van der Waals surface area contributed by atoms with Crippen molar-refractivity contribution in [2.45, 2.75) is 38.6 Å². The quantitative estimate of drug-likeness (QED) is 0.858. The van der Waals surface area contributed by atoms with Crippen LogP contribution in [0.2, 0.25) is 0 Å². The molecule has 1 aliphatic carbocycles. The minimum Gasteiger partial charge on any atom is -0.383 e. The summed E-state index contributed by atoms with van der Waals surface area (Å²) >= 11 is 1.36. The molecule has 6 heteroatoms. The van der Waals surface area contributed by atoms with Gasteiger partial charge in [-0.2, -0.15) is 4.99 Å². The molecule has 1 amide bonds. The minimum absolute atomic E-state index is 0.0229. The molecule has 4 nitrogen and oxygen atoms in total.